The molecule has 0 aliphatic carbocycles. The molecule has 1 aliphatic rings. The number of likely N-dealkylation sites (tertiary alicyclic amines) is 1. The number of rotatable bonds is 7. The number of esters is 1. The van der Waals surface area contributed by atoms with Crippen molar-refractivity contribution in [3.63, 3.8) is 0 Å². The van der Waals surface area contributed by atoms with E-state index in [1.54, 1.807) is 0 Å². The molecular weight excluding hydrogens is 240 g/mol. The monoisotopic (exact) mass is 270 g/mol. The first-order valence-corrected chi connectivity index (χ1v) is 7.61. The number of ether oxygens (including phenoxy) is 1. The quantitative estimate of drug-likeness (QED) is 0.719. The molecule has 0 amide bonds. The number of carbonyl (C=O) groups is 1. The van der Waals surface area contributed by atoms with Gasteiger partial charge in [-0.1, -0.05) is 20.8 Å². The molecule has 1 N–H and O–H groups in total. The fraction of sp³-hybridized carbons (Fsp3) is 0.933. The van der Waals surface area contributed by atoms with Crippen LogP contribution in [0, 0.1) is 5.41 Å². The normalized spacial score (nSPS) is 21.1. The Morgan fingerprint density at radius 1 is 1.42 bits per heavy atom. The molecule has 1 aliphatic heterocycles. The molecule has 0 radical (unpaired) electrons. The highest BCUT2D eigenvalue weighted by molar-refractivity contribution is 5.75. The predicted octanol–water partition coefficient (Wildman–Crippen LogP) is 2.04. The number of nitrogens with one attached hydrogen (secondary N) is 1. The minimum Gasteiger partial charge on any atom is -0.465 e. The van der Waals surface area contributed by atoms with E-state index in [1.165, 1.54) is 12.8 Å². The number of hydrogen-bond donors (Lipinski definition) is 1. The Hall–Kier alpha value is -0.610. The van der Waals surface area contributed by atoms with Gasteiger partial charge in [-0.15, -0.1) is 0 Å². The molecule has 0 saturated carbocycles. The lowest BCUT2D eigenvalue weighted by atomic mass is 9.84. The minimum atomic E-state index is -0.157. The fourth-order valence-electron chi connectivity index (χ4n) is 2.84. The van der Waals surface area contributed by atoms with Gasteiger partial charge in [-0.25, -0.2) is 0 Å². The zero-order chi connectivity index (χ0) is 14.3. The van der Waals surface area contributed by atoms with Crippen LogP contribution in [0.3, 0.4) is 0 Å². The molecule has 1 unspecified atom stereocenters. The third-order valence-corrected chi connectivity index (χ3v) is 3.74. The Kier molecular flexibility index (Phi) is 6.80. The van der Waals surface area contributed by atoms with Crippen LogP contribution in [-0.4, -0.2) is 49.7 Å². The van der Waals surface area contributed by atoms with Crippen molar-refractivity contribution in [1.29, 1.82) is 0 Å². The SMILES string of the molecule is CCNC(CCN1CCCC(C)(C)C1)C(=O)OCC. The first kappa shape index (κ1) is 16.4. The van der Waals surface area contributed by atoms with Crippen molar-refractivity contribution in [2.24, 2.45) is 5.41 Å². The molecule has 1 fully saturated rings. The van der Waals surface area contributed by atoms with E-state index in [9.17, 15) is 4.79 Å². The number of piperidine rings is 1. The molecule has 0 bridgehead atoms. The summed E-state index contributed by atoms with van der Waals surface area (Å²) in [6.07, 6.45) is 3.40. The number of likely N-dealkylation sites (N-methyl/N-ethyl adjacent to an activating group) is 1. The van der Waals surface area contributed by atoms with Gasteiger partial charge in [-0.2, -0.15) is 0 Å². The lowest BCUT2D eigenvalue weighted by Gasteiger charge is -2.38. The molecular formula is C15H30N2O2. The third-order valence-electron chi connectivity index (χ3n) is 3.74. The van der Waals surface area contributed by atoms with Crippen molar-refractivity contribution in [2.45, 2.75) is 53.0 Å². The maximum absolute atomic E-state index is 11.8. The topological polar surface area (TPSA) is 41.6 Å². The fourth-order valence-corrected chi connectivity index (χ4v) is 2.84. The van der Waals surface area contributed by atoms with Crippen molar-refractivity contribution in [3.8, 4) is 0 Å². The van der Waals surface area contributed by atoms with Crippen LogP contribution < -0.4 is 5.32 Å². The smallest absolute Gasteiger partial charge is 0.323 e. The Bertz CT molecular complexity index is 279. The molecule has 0 spiro atoms. The first-order valence-electron chi connectivity index (χ1n) is 7.61. The molecule has 0 aromatic heterocycles. The Labute approximate surface area is 117 Å². The highest BCUT2D eigenvalue weighted by Crippen LogP contribution is 2.28. The number of carbonyl (C=O) groups excluding carboxylic acids is 1. The van der Waals surface area contributed by atoms with Gasteiger partial charge in [0, 0.05) is 13.1 Å². The van der Waals surface area contributed by atoms with Crippen molar-refractivity contribution in [3.05, 3.63) is 0 Å². The second-order valence-corrected chi connectivity index (χ2v) is 6.19. The Morgan fingerprint density at radius 3 is 2.74 bits per heavy atom. The lowest BCUT2D eigenvalue weighted by molar-refractivity contribution is -0.145. The summed E-state index contributed by atoms with van der Waals surface area (Å²) in [4.78, 5) is 14.3. The highest BCUT2D eigenvalue weighted by atomic mass is 16.5. The second-order valence-electron chi connectivity index (χ2n) is 6.19. The van der Waals surface area contributed by atoms with Crippen LogP contribution in [0.15, 0.2) is 0 Å². The van der Waals surface area contributed by atoms with E-state index >= 15 is 0 Å². The van der Waals surface area contributed by atoms with Crippen molar-refractivity contribution in [2.75, 3.05) is 32.8 Å². The van der Waals surface area contributed by atoms with Crippen LogP contribution >= 0.6 is 0 Å². The van der Waals surface area contributed by atoms with Crippen LogP contribution in [0.5, 0.6) is 0 Å². The van der Waals surface area contributed by atoms with Crippen LogP contribution in [0.2, 0.25) is 0 Å². The van der Waals surface area contributed by atoms with E-state index in [2.05, 4.69) is 24.1 Å². The van der Waals surface area contributed by atoms with E-state index in [-0.39, 0.29) is 12.0 Å². The summed E-state index contributed by atoms with van der Waals surface area (Å²) >= 11 is 0. The van der Waals surface area contributed by atoms with E-state index in [1.807, 2.05) is 13.8 Å². The summed E-state index contributed by atoms with van der Waals surface area (Å²) in [7, 11) is 0. The number of nitrogens with zero attached hydrogens (tertiary/aromatic N) is 1. The van der Waals surface area contributed by atoms with Gasteiger partial charge in [-0.3, -0.25) is 4.79 Å². The molecule has 0 aromatic rings. The van der Waals surface area contributed by atoms with Gasteiger partial charge in [-0.05, 0) is 44.7 Å². The average molecular weight is 270 g/mol. The molecule has 19 heavy (non-hydrogen) atoms. The zero-order valence-electron chi connectivity index (χ0n) is 13.0. The van der Waals surface area contributed by atoms with E-state index < -0.39 is 0 Å². The average Bonchev–Trinajstić information content (AvgIpc) is 2.33. The maximum atomic E-state index is 11.8. The van der Waals surface area contributed by atoms with Gasteiger partial charge in [0.2, 0.25) is 0 Å². The van der Waals surface area contributed by atoms with Gasteiger partial charge in [0.15, 0.2) is 0 Å². The van der Waals surface area contributed by atoms with E-state index in [4.69, 9.17) is 4.74 Å². The maximum Gasteiger partial charge on any atom is 0.323 e. The molecule has 1 rings (SSSR count). The highest BCUT2D eigenvalue weighted by Gasteiger charge is 2.27. The summed E-state index contributed by atoms with van der Waals surface area (Å²) in [6.45, 7) is 13.1. The van der Waals surface area contributed by atoms with Crippen molar-refractivity contribution < 1.29 is 9.53 Å². The molecule has 4 heteroatoms. The van der Waals surface area contributed by atoms with Crippen LogP contribution in [0.25, 0.3) is 0 Å². The van der Waals surface area contributed by atoms with E-state index in [0.717, 1.165) is 32.6 Å². The standard InChI is InChI=1S/C15H30N2O2/c1-5-16-13(14(18)19-6-2)8-11-17-10-7-9-15(3,4)12-17/h13,16H,5-12H2,1-4H3. The van der Waals surface area contributed by atoms with Crippen molar-refractivity contribution >= 4 is 5.97 Å². The first-order chi connectivity index (χ1) is 8.98. The third kappa shape index (κ3) is 5.91. The Morgan fingerprint density at radius 2 is 2.16 bits per heavy atom. The summed E-state index contributed by atoms with van der Waals surface area (Å²) in [5.74, 6) is -0.111. The molecule has 1 saturated heterocycles. The summed E-state index contributed by atoms with van der Waals surface area (Å²) < 4.78 is 5.12. The van der Waals surface area contributed by atoms with Gasteiger partial charge >= 0.3 is 5.97 Å². The molecule has 112 valence electrons. The molecule has 4 nitrogen and oxygen atoms in total. The number of hydrogen-bond acceptors (Lipinski definition) is 4. The summed E-state index contributed by atoms with van der Waals surface area (Å²) in [5, 5.41) is 3.23. The summed E-state index contributed by atoms with van der Waals surface area (Å²) in [5.41, 5.74) is 0.413. The molecule has 1 heterocycles. The van der Waals surface area contributed by atoms with Crippen LogP contribution in [0.4, 0.5) is 0 Å². The summed E-state index contributed by atoms with van der Waals surface area (Å²) in [6, 6.07) is -0.157. The molecule has 1 atom stereocenters. The Balaban J connectivity index is 2.40. The minimum absolute atomic E-state index is 0.111. The van der Waals surface area contributed by atoms with Crippen LogP contribution in [0.1, 0.15) is 47.0 Å². The molecule has 0 aromatic carbocycles. The van der Waals surface area contributed by atoms with Gasteiger partial charge in [0.25, 0.3) is 0 Å². The predicted molar refractivity (Wildman–Crippen MR) is 78.2 cm³/mol. The van der Waals surface area contributed by atoms with Crippen molar-refractivity contribution in [1.82, 2.24) is 10.2 Å². The van der Waals surface area contributed by atoms with Gasteiger partial charge < -0.3 is 15.0 Å². The van der Waals surface area contributed by atoms with Gasteiger partial charge in [0.1, 0.15) is 6.04 Å². The second kappa shape index (κ2) is 7.85. The van der Waals surface area contributed by atoms with E-state index in [0.29, 0.717) is 12.0 Å². The largest absolute Gasteiger partial charge is 0.465 e. The van der Waals surface area contributed by atoms with Gasteiger partial charge in [0.05, 0.1) is 6.61 Å². The lowest BCUT2D eigenvalue weighted by Crippen LogP contribution is -2.44. The van der Waals surface area contributed by atoms with Crippen LogP contribution in [-0.2, 0) is 9.53 Å². The zero-order valence-corrected chi connectivity index (χ0v) is 13.0.